The van der Waals surface area contributed by atoms with Gasteiger partial charge in [-0.15, -0.1) is 0 Å². The molecule has 0 bridgehead atoms. The van der Waals surface area contributed by atoms with Crippen molar-refractivity contribution in [2.75, 3.05) is 13.7 Å². The first-order valence-corrected chi connectivity index (χ1v) is 6.29. The molecule has 0 unspecified atom stereocenters. The van der Waals surface area contributed by atoms with Gasteiger partial charge in [-0.25, -0.2) is 4.98 Å². The van der Waals surface area contributed by atoms with Gasteiger partial charge in [0.25, 0.3) is 5.91 Å². The Morgan fingerprint density at radius 1 is 1.35 bits per heavy atom. The molecule has 2 N–H and O–H groups in total. The van der Waals surface area contributed by atoms with Gasteiger partial charge in [-0.3, -0.25) is 4.79 Å². The number of aromatic nitrogens is 1. The van der Waals surface area contributed by atoms with Gasteiger partial charge < -0.3 is 15.2 Å². The minimum absolute atomic E-state index is 0.422. The fourth-order valence-corrected chi connectivity index (χ4v) is 2.33. The van der Waals surface area contributed by atoms with Gasteiger partial charge >= 0.3 is 0 Å². The van der Waals surface area contributed by atoms with Crippen molar-refractivity contribution >= 4 is 5.91 Å². The van der Waals surface area contributed by atoms with Crippen molar-refractivity contribution in [2.24, 2.45) is 5.73 Å². The van der Waals surface area contributed by atoms with Crippen molar-refractivity contribution in [3.8, 4) is 22.8 Å². The lowest BCUT2D eigenvalue weighted by Gasteiger charge is -2.09. The molecule has 20 heavy (non-hydrogen) atoms. The number of ether oxygens (including phenoxy) is 2. The zero-order valence-corrected chi connectivity index (χ0v) is 11.1. The molecule has 1 aliphatic heterocycles. The summed E-state index contributed by atoms with van der Waals surface area (Å²) in [4.78, 5) is 15.7. The van der Waals surface area contributed by atoms with Crippen LogP contribution in [-0.2, 0) is 6.42 Å². The van der Waals surface area contributed by atoms with Gasteiger partial charge in [0.15, 0.2) is 0 Å². The largest absolute Gasteiger partial charge is 0.492 e. The number of rotatable bonds is 3. The Morgan fingerprint density at radius 3 is 2.85 bits per heavy atom. The van der Waals surface area contributed by atoms with Crippen LogP contribution < -0.4 is 15.2 Å². The molecule has 3 rings (SSSR count). The Labute approximate surface area is 116 Å². The molecular formula is C15H14N2O3. The molecule has 1 aromatic heterocycles. The highest BCUT2D eigenvalue weighted by molar-refractivity contribution is 5.97. The number of hydrogen-bond donors (Lipinski definition) is 1. The number of carbonyl (C=O) groups is 1. The van der Waals surface area contributed by atoms with E-state index in [1.165, 1.54) is 0 Å². The highest BCUT2D eigenvalue weighted by Gasteiger charge is 2.21. The average Bonchev–Trinajstić information content (AvgIpc) is 2.94. The van der Waals surface area contributed by atoms with Crippen LogP contribution in [0.4, 0.5) is 0 Å². The Kier molecular flexibility index (Phi) is 3.02. The fourth-order valence-electron chi connectivity index (χ4n) is 2.33. The van der Waals surface area contributed by atoms with Crippen LogP contribution in [0.1, 0.15) is 15.9 Å². The minimum atomic E-state index is -0.480. The van der Waals surface area contributed by atoms with Gasteiger partial charge in [-0.2, -0.15) is 0 Å². The predicted molar refractivity (Wildman–Crippen MR) is 73.9 cm³/mol. The molecule has 0 radical (unpaired) electrons. The van der Waals surface area contributed by atoms with E-state index in [9.17, 15) is 4.79 Å². The summed E-state index contributed by atoms with van der Waals surface area (Å²) in [7, 11) is 1.57. The van der Waals surface area contributed by atoms with E-state index < -0.39 is 5.91 Å². The van der Waals surface area contributed by atoms with Crippen LogP contribution in [0.25, 0.3) is 11.1 Å². The van der Waals surface area contributed by atoms with Gasteiger partial charge in [0, 0.05) is 24.2 Å². The third kappa shape index (κ3) is 2.07. The molecule has 1 aliphatic rings. The first kappa shape index (κ1) is 12.5. The molecule has 1 amide bonds. The second-order valence-electron chi connectivity index (χ2n) is 4.56. The van der Waals surface area contributed by atoms with Gasteiger partial charge in [0.2, 0.25) is 5.88 Å². The van der Waals surface area contributed by atoms with Crippen LogP contribution in [-0.4, -0.2) is 24.6 Å². The lowest BCUT2D eigenvalue weighted by atomic mass is 9.99. The third-order valence-electron chi connectivity index (χ3n) is 3.33. The molecule has 0 fully saturated rings. The summed E-state index contributed by atoms with van der Waals surface area (Å²) in [6, 6.07) is 7.44. The highest BCUT2D eigenvalue weighted by atomic mass is 16.5. The third-order valence-corrected chi connectivity index (χ3v) is 3.33. The minimum Gasteiger partial charge on any atom is -0.492 e. The van der Waals surface area contributed by atoms with E-state index in [0.717, 1.165) is 23.1 Å². The molecule has 0 spiro atoms. The standard InChI is InChI=1S/C15H14N2O3/c1-19-13-3-2-10(8-17-13)11-6-9-4-5-20-14(9)12(7-11)15(16)18/h2-3,6-8H,4-5H2,1H3,(H2,16,18). The Balaban J connectivity index is 2.09. The van der Waals surface area contributed by atoms with Crippen LogP contribution in [0.15, 0.2) is 30.5 Å². The number of nitrogens with two attached hydrogens (primary N) is 1. The number of methoxy groups -OCH3 is 1. The van der Waals surface area contributed by atoms with Gasteiger partial charge in [0.1, 0.15) is 5.75 Å². The molecule has 0 atom stereocenters. The number of amides is 1. The Hall–Kier alpha value is -2.56. The van der Waals surface area contributed by atoms with Crippen LogP contribution in [0.2, 0.25) is 0 Å². The average molecular weight is 270 g/mol. The number of pyridine rings is 1. The maximum Gasteiger partial charge on any atom is 0.252 e. The van der Waals surface area contributed by atoms with Gasteiger partial charge in [0.05, 0.1) is 19.3 Å². The van der Waals surface area contributed by atoms with Crippen molar-refractivity contribution in [2.45, 2.75) is 6.42 Å². The molecule has 0 saturated heterocycles. The summed E-state index contributed by atoms with van der Waals surface area (Å²) in [6.45, 7) is 0.583. The van der Waals surface area contributed by atoms with E-state index in [-0.39, 0.29) is 0 Å². The van der Waals surface area contributed by atoms with Crippen molar-refractivity contribution in [1.29, 1.82) is 0 Å². The topological polar surface area (TPSA) is 74.4 Å². The number of hydrogen-bond acceptors (Lipinski definition) is 4. The number of carbonyl (C=O) groups excluding carboxylic acids is 1. The van der Waals surface area contributed by atoms with Crippen LogP contribution in [0.5, 0.6) is 11.6 Å². The van der Waals surface area contributed by atoms with E-state index in [2.05, 4.69) is 4.98 Å². The zero-order chi connectivity index (χ0) is 14.1. The summed E-state index contributed by atoms with van der Waals surface area (Å²) < 4.78 is 10.5. The number of nitrogens with zero attached hydrogens (tertiary/aromatic N) is 1. The summed E-state index contributed by atoms with van der Waals surface area (Å²) in [5, 5.41) is 0. The summed E-state index contributed by atoms with van der Waals surface area (Å²) >= 11 is 0. The first-order valence-electron chi connectivity index (χ1n) is 6.29. The molecule has 2 heterocycles. The maximum atomic E-state index is 11.6. The summed E-state index contributed by atoms with van der Waals surface area (Å²) in [6.07, 6.45) is 2.49. The van der Waals surface area contributed by atoms with E-state index in [1.807, 2.05) is 12.1 Å². The number of primary amides is 1. The summed E-state index contributed by atoms with van der Waals surface area (Å²) in [5.74, 6) is 0.683. The molecule has 5 nitrogen and oxygen atoms in total. The van der Waals surface area contributed by atoms with Gasteiger partial charge in [-0.1, -0.05) is 0 Å². The monoisotopic (exact) mass is 270 g/mol. The predicted octanol–water partition coefficient (Wildman–Crippen LogP) is 1.79. The molecule has 1 aromatic carbocycles. The lowest BCUT2D eigenvalue weighted by Crippen LogP contribution is -2.12. The molecule has 0 aliphatic carbocycles. The molecular weight excluding hydrogens is 256 g/mol. The number of benzene rings is 1. The number of fused-ring (bicyclic) bond motifs is 1. The van der Waals surface area contributed by atoms with E-state index in [4.69, 9.17) is 15.2 Å². The van der Waals surface area contributed by atoms with Crippen molar-refractivity contribution in [3.05, 3.63) is 41.6 Å². The Bertz CT molecular complexity index is 666. The summed E-state index contributed by atoms with van der Waals surface area (Å²) in [5.41, 5.74) is 8.66. The lowest BCUT2D eigenvalue weighted by molar-refractivity contribution is 0.0997. The Morgan fingerprint density at radius 2 is 2.20 bits per heavy atom. The molecule has 0 saturated carbocycles. The highest BCUT2D eigenvalue weighted by Crippen LogP contribution is 2.34. The molecule has 102 valence electrons. The van der Waals surface area contributed by atoms with Crippen molar-refractivity contribution < 1.29 is 14.3 Å². The maximum absolute atomic E-state index is 11.6. The zero-order valence-electron chi connectivity index (χ0n) is 11.1. The smallest absolute Gasteiger partial charge is 0.252 e. The normalized spacial score (nSPS) is 12.7. The van der Waals surface area contributed by atoms with Crippen LogP contribution in [0.3, 0.4) is 0 Å². The quantitative estimate of drug-likeness (QED) is 0.922. The molecule has 5 heteroatoms. The van der Waals surface area contributed by atoms with Crippen LogP contribution in [0, 0.1) is 0 Å². The SMILES string of the molecule is COc1ccc(-c2cc3c(c(C(N)=O)c2)OCC3)cn1. The fraction of sp³-hybridized carbons (Fsp3) is 0.200. The first-order chi connectivity index (χ1) is 9.69. The van der Waals surface area contributed by atoms with Gasteiger partial charge in [-0.05, 0) is 29.3 Å². The van der Waals surface area contributed by atoms with E-state index in [1.54, 1.807) is 25.4 Å². The van der Waals surface area contributed by atoms with E-state index in [0.29, 0.717) is 23.8 Å². The van der Waals surface area contributed by atoms with Crippen LogP contribution >= 0.6 is 0 Å². The van der Waals surface area contributed by atoms with Crippen molar-refractivity contribution in [3.63, 3.8) is 0 Å². The van der Waals surface area contributed by atoms with E-state index >= 15 is 0 Å². The van der Waals surface area contributed by atoms with Crippen molar-refractivity contribution in [1.82, 2.24) is 4.98 Å². The molecule has 2 aromatic rings. The second kappa shape index (κ2) is 4.85. The second-order valence-corrected chi connectivity index (χ2v) is 4.56.